The van der Waals surface area contributed by atoms with Crippen LogP contribution in [0.5, 0.6) is 5.75 Å². The van der Waals surface area contributed by atoms with E-state index in [4.69, 9.17) is 16.3 Å². The number of hydrogen-bond acceptors (Lipinski definition) is 4. The van der Waals surface area contributed by atoms with E-state index in [9.17, 15) is 13.2 Å². The summed E-state index contributed by atoms with van der Waals surface area (Å²) in [5.41, 5.74) is 2.46. The maximum atomic E-state index is 12.6. The second-order valence-electron chi connectivity index (χ2n) is 7.82. The molecule has 1 atom stereocenters. The molecule has 0 aliphatic carbocycles. The zero-order chi connectivity index (χ0) is 23.8. The molecule has 6 nitrogen and oxygen atoms in total. The molecule has 0 bridgehead atoms. The topological polar surface area (TPSA) is 84.5 Å². The first kappa shape index (κ1) is 24.6. The number of ether oxygens (including phenoxy) is 1. The van der Waals surface area contributed by atoms with E-state index >= 15 is 0 Å². The van der Waals surface area contributed by atoms with Crippen LogP contribution in [0.3, 0.4) is 0 Å². The molecule has 0 aliphatic rings. The summed E-state index contributed by atoms with van der Waals surface area (Å²) in [5.74, 6) is 0.171. The van der Waals surface area contributed by atoms with Gasteiger partial charge in [-0.1, -0.05) is 48.0 Å². The van der Waals surface area contributed by atoms with Gasteiger partial charge in [-0.05, 0) is 74.2 Å². The van der Waals surface area contributed by atoms with Gasteiger partial charge in [0.1, 0.15) is 5.75 Å². The molecule has 0 aliphatic heterocycles. The number of nitrogens with one attached hydrogen (secondary N) is 2. The number of amides is 1. The Balaban J connectivity index is 1.48. The number of hydrogen-bond donors (Lipinski definition) is 2. The number of rotatable bonds is 10. The molecule has 0 spiro atoms. The summed E-state index contributed by atoms with van der Waals surface area (Å²) in [6.45, 7) is 3.64. The molecule has 1 amide bonds. The van der Waals surface area contributed by atoms with Gasteiger partial charge in [-0.2, -0.15) is 0 Å². The fourth-order valence-electron chi connectivity index (χ4n) is 3.15. The van der Waals surface area contributed by atoms with Crippen LogP contribution in [-0.4, -0.2) is 27.0 Å². The summed E-state index contributed by atoms with van der Waals surface area (Å²) in [7, 11) is -3.78. The van der Waals surface area contributed by atoms with Crippen molar-refractivity contribution in [2.24, 2.45) is 0 Å². The van der Waals surface area contributed by atoms with Crippen LogP contribution < -0.4 is 14.8 Å². The smallest absolute Gasteiger partial charge is 0.261 e. The Labute approximate surface area is 200 Å². The Kier molecular flexibility index (Phi) is 8.36. The standard InChI is InChI=1S/C25H27ClN2O4S/c1-18-8-11-21(16-24(18)26)28-33(30,31)23-14-12-22(13-15-23)32-17-25(29)27-19(2)9-10-20-6-4-3-5-7-20/h3-8,11-16,19,28H,9-10,17H2,1-2H3,(H,27,29)/t19-/m1/s1. The largest absolute Gasteiger partial charge is 0.484 e. The van der Waals surface area contributed by atoms with Crippen molar-refractivity contribution >= 4 is 33.2 Å². The van der Waals surface area contributed by atoms with Crippen molar-refractivity contribution in [3.63, 3.8) is 0 Å². The minimum atomic E-state index is -3.78. The molecule has 0 unspecified atom stereocenters. The van der Waals surface area contributed by atoms with Crippen LogP contribution in [0.4, 0.5) is 5.69 Å². The maximum absolute atomic E-state index is 12.6. The molecule has 8 heteroatoms. The second kappa shape index (κ2) is 11.2. The normalized spacial score (nSPS) is 12.1. The molecule has 3 aromatic carbocycles. The molecule has 174 valence electrons. The van der Waals surface area contributed by atoms with Crippen molar-refractivity contribution in [3.05, 3.63) is 88.9 Å². The third-order valence-corrected chi connectivity index (χ3v) is 6.85. The van der Waals surface area contributed by atoms with Gasteiger partial charge < -0.3 is 10.1 Å². The zero-order valence-electron chi connectivity index (χ0n) is 18.5. The van der Waals surface area contributed by atoms with E-state index < -0.39 is 10.0 Å². The van der Waals surface area contributed by atoms with Crippen molar-refractivity contribution in [1.29, 1.82) is 0 Å². The summed E-state index contributed by atoms with van der Waals surface area (Å²) in [5, 5.41) is 3.39. The van der Waals surface area contributed by atoms with Crippen molar-refractivity contribution in [1.82, 2.24) is 5.32 Å². The molecule has 33 heavy (non-hydrogen) atoms. The van der Waals surface area contributed by atoms with Gasteiger partial charge in [0.2, 0.25) is 0 Å². The van der Waals surface area contributed by atoms with E-state index in [1.165, 1.54) is 29.8 Å². The van der Waals surface area contributed by atoms with Gasteiger partial charge in [0.05, 0.1) is 10.6 Å². The van der Waals surface area contributed by atoms with Crippen molar-refractivity contribution in [2.75, 3.05) is 11.3 Å². The highest BCUT2D eigenvalue weighted by Gasteiger charge is 2.15. The third-order valence-electron chi connectivity index (χ3n) is 5.04. The monoisotopic (exact) mass is 486 g/mol. The lowest BCUT2D eigenvalue weighted by Gasteiger charge is -2.14. The summed E-state index contributed by atoms with van der Waals surface area (Å²) < 4.78 is 33.2. The SMILES string of the molecule is Cc1ccc(NS(=O)(=O)c2ccc(OCC(=O)N[C@H](C)CCc3ccccc3)cc2)cc1Cl. The van der Waals surface area contributed by atoms with Gasteiger partial charge in [-0.15, -0.1) is 0 Å². The number of sulfonamides is 1. The fraction of sp³-hybridized carbons (Fsp3) is 0.240. The van der Waals surface area contributed by atoms with Crippen molar-refractivity contribution in [3.8, 4) is 5.75 Å². The minimum Gasteiger partial charge on any atom is -0.484 e. The van der Waals surface area contributed by atoms with Crippen molar-refractivity contribution in [2.45, 2.75) is 37.6 Å². The van der Waals surface area contributed by atoms with Crippen LogP contribution >= 0.6 is 11.6 Å². The van der Waals surface area contributed by atoms with Crippen LogP contribution in [0.2, 0.25) is 5.02 Å². The van der Waals surface area contributed by atoms with E-state index in [1.54, 1.807) is 18.2 Å². The van der Waals surface area contributed by atoms with Crippen LogP contribution in [-0.2, 0) is 21.2 Å². The van der Waals surface area contributed by atoms with Gasteiger partial charge in [-0.3, -0.25) is 9.52 Å². The first-order valence-corrected chi connectivity index (χ1v) is 12.4. The number of carbonyl (C=O) groups excluding carboxylic acids is 1. The molecule has 2 N–H and O–H groups in total. The number of anilines is 1. The Hall–Kier alpha value is -3.03. The Morgan fingerprint density at radius 3 is 2.39 bits per heavy atom. The quantitative estimate of drug-likeness (QED) is 0.424. The molecule has 0 saturated carbocycles. The number of halogens is 1. The molecule has 0 aromatic heterocycles. The molecule has 3 aromatic rings. The van der Waals surface area contributed by atoms with Gasteiger partial charge >= 0.3 is 0 Å². The Bertz CT molecular complexity index is 1180. The van der Waals surface area contributed by atoms with Crippen LogP contribution in [0.25, 0.3) is 0 Å². The number of carbonyl (C=O) groups is 1. The summed E-state index contributed by atoms with van der Waals surface area (Å²) in [6, 6.07) is 20.9. The third kappa shape index (κ3) is 7.51. The van der Waals surface area contributed by atoms with Crippen LogP contribution in [0.1, 0.15) is 24.5 Å². The van der Waals surface area contributed by atoms with Crippen LogP contribution in [0, 0.1) is 6.92 Å². The Morgan fingerprint density at radius 1 is 1.03 bits per heavy atom. The lowest BCUT2D eigenvalue weighted by atomic mass is 10.1. The lowest BCUT2D eigenvalue weighted by molar-refractivity contribution is -0.123. The molecule has 0 radical (unpaired) electrons. The molecule has 0 heterocycles. The maximum Gasteiger partial charge on any atom is 0.261 e. The zero-order valence-corrected chi connectivity index (χ0v) is 20.1. The lowest BCUT2D eigenvalue weighted by Crippen LogP contribution is -2.36. The summed E-state index contributed by atoms with van der Waals surface area (Å²) in [4.78, 5) is 12.2. The van der Waals surface area contributed by atoms with Crippen molar-refractivity contribution < 1.29 is 17.9 Å². The van der Waals surface area contributed by atoms with Crippen LogP contribution in [0.15, 0.2) is 77.7 Å². The second-order valence-corrected chi connectivity index (χ2v) is 9.91. The summed E-state index contributed by atoms with van der Waals surface area (Å²) in [6.07, 6.45) is 1.70. The highest BCUT2D eigenvalue weighted by atomic mass is 35.5. The number of benzene rings is 3. The van der Waals surface area contributed by atoms with E-state index in [1.807, 2.05) is 32.0 Å². The first-order valence-electron chi connectivity index (χ1n) is 10.6. The molecule has 3 rings (SSSR count). The van der Waals surface area contributed by atoms with E-state index in [-0.39, 0.29) is 23.5 Å². The average Bonchev–Trinajstić information content (AvgIpc) is 2.79. The van der Waals surface area contributed by atoms with Gasteiger partial charge in [0.15, 0.2) is 6.61 Å². The Morgan fingerprint density at radius 2 is 1.73 bits per heavy atom. The molecule has 0 saturated heterocycles. The highest BCUT2D eigenvalue weighted by Crippen LogP contribution is 2.23. The molecule has 0 fully saturated rings. The first-order chi connectivity index (χ1) is 15.7. The highest BCUT2D eigenvalue weighted by molar-refractivity contribution is 7.92. The van der Waals surface area contributed by atoms with Gasteiger partial charge in [0, 0.05) is 11.1 Å². The number of aryl methyl sites for hydroxylation is 2. The predicted molar refractivity (Wildman–Crippen MR) is 131 cm³/mol. The van der Waals surface area contributed by atoms with E-state index in [2.05, 4.69) is 22.2 Å². The van der Waals surface area contributed by atoms with E-state index in [0.717, 1.165) is 18.4 Å². The van der Waals surface area contributed by atoms with Gasteiger partial charge in [-0.25, -0.2) is 8.42 Å². The molecular weight excluding hydrogens is 460 g/mol. The van der Waals surface area contributed by atoms with Gasteiger partial charge in [0.25, 0.3) is 15.9 Å². The average molecular weight is 487 g/mol. The minimum absolute atomic E-state index is 0.00942. The fourth-order valence-corrected chi connectivity index (χ4v) is 4.38. The predicted octanol–water partition coefficient (Wildman–Crippen LogP) is 4.97. The molecular formula is C25H27ClN2O4S. The van der Waals surface area contributed by atoms with E-state index in [0.29, 0.717) is 16.5 Å². The summed E-state index contributed by atoms with van der Waals surface area (Å²) >= 11 is 6.06.